The Labute approximate surface area is 85.1 Å². The lowest BCUT2D eigenvalue weighted by Gasteiger charge is -2.13. The van der Waals surface area contributed by atoms with Gasteiger partial charge in [0.2, 0.25) is 0 Å². The molecule has 74 valence electrons. The van der Waals surface area contributed by atoms with E-state index < -0.39 is 0 Å². The van der Waals surface area contributed by atoms with E-state index in [4.69, 9.17) is 0 Å². The summed E-state index contributed by atoms with van der Waals surface area (Å²) in [6.45, 7) is 3.08. The molecule has 0 saturated carbocycles. The molecule has 1 aromatic rings. The first kappa shape index (κ1) is 9.25. The van der Waals surface area contributed by atoms with E-state index in [9.17, 15) is 0 Å². The van der Waals surface area contributed by atoms with Crippen LogP contribution in [0.25, 0.3) is 0 Å². The number of hydrogen-bond donors (Lipinski definition) is 1. The molecule has 1 heterocycles. The Balaban J connectivity index is 2.03. The van der Waals surface area contributed by atoms with Gasteiger partial charge in [0, 0.05) is 18.7 Å². The van der Waals surface area contributed by atoms with E-state index in [2.05, 4.69) is 41.5 Å². The Morgan fingerprint density at radius 3 is 2.57 bits per heavy atom. The molecule has 0 amide bonds. The van der Waals surface area contributed by atoms with Gasteiger partial charge in [-0.3, -0.25) is 4.99 Å². The first-order chi connectivity index (χ1) is 6.84. The summed E-state index contributed by atoms with van der Waals surface area (Å²) in [4.78, 5) is 4.45. The molecule has 0 atom stereocenters. The van der Waals surface area contributed by atoms with Crippen LogP contribution >= 0.6 is 0 Å². The zero-order valence-electron chi connectivity index (χ0n) is 8.59. The monoisotopic (exact) mass is 188 g/mol. The summed E-state index contributed by atoms with van der Waals surface area (Å²) in [6, 6.07) is 8.44. The molecule has 1 aliphatic heterocycles. The topological polar surface area (TPSA) is 24.4 Å². The zero-order chi connectivity index (χ0) is 9.80. The van der Waals surface area contributed by atoms with E-state index in [1.807, 2.05) is 0 Å². The zero-order valence-corrected chi connectivity index (χ0v) is 8.59. The Morgan fingerprint density at radius 1 is 1.14 bits per heavy atom. The van der Waals surface area contributed by atoms with E-state index in [0.29, 0.717) is 0 Å². The highest BCUT2D eigenvalue weighted by Crippen LogP contribution is 2.12. The minimum Gasteiger partial charge on any atom is -0.344 e. The van der Waals surface area contributed by atoms with Crippen molar-refractivity contribution < 1.29 is 0 Å². The Bertz CT molecular complexity index is 325. The van der Waals surface area contributed by atoms with Crippen LogP contribution in [0.15, 0.2) is 29.3 Å². The summed E-state index contributed by atoms with van der Waals surface area (Å²) in [7, 11) is 0. The third-order valence-corrected chi connectivity index (χ3v) is 2.46. The molecule has 0 radical (unpaired) electrons. The van der Waals surface area contributed by atoms with Crippen molar-refractivity contribution in [2.75, 3.05) is 11.9 Å². The molecule has 0 unspecified atom stereocenters. The quantitative estimate of drug-likeness (QED) is 0.719. The van der Waals surface area contributed by atoms with Gasteiger partial charge in [0.15, 0.2) is 0 Å². The van der Waals surface area contributed by atoms with Gasteiger partial charge >= 0.3 is 0 Å². The number of aliphatic imine (C=N–C) groups is 1. The van der Waals surface area contributed by atoms with Crippen molar-refractivity contribution in [1.82, 2.24) is 0 Å². The van der Waals surface area contributed by atoms with Crippen LogP contribution in [0.4, 0.5) is 5.69 Å². The van der Waals surface area contributed by atoms with Crippen molar-refractivity contribution in [1.29, 1.82) is 0 Å². The first-order valence-electron chi connectivity index (χ1n) is 5.21. The lowest BCUT2D eigenvalue weighted by Crippen LogP contribution is -2.15. The van der Waals surface area contributed by atoms with E-state index in [-0.39, 0.29) is 0 Å². The standard InChI is InChI=1S/C12H16N2/c1-10-5-7-11(8-6-10)14-12-4-2-3-9-13-12/h5-8H,2-4,9H2,1H3,(H,13,14). The van der Waals surface area contributed by atoms with Crippen LogP contribution in [0.5, 0.6) is 0 Å². The lowest BCUT2D eigenvalue weighted by molar-refractivity contribution is 0.737. The minimum atomic E-state index is 0.980. The highest BCUT2D eigenvalue weighted by Gasteiger charge is 2.04. The van der Waals surface area contributed by atoms with Gasteiger partial charge in [-0.25, -0.2) is 0 Å². The molecule has 1 aliphatic rings. The van der Waals surface area contributed by atoms with Gasteiger partial charge in [-0.05, 0) is 31.9 Å². The largest absolute Gasteiger partial charge is 0.344 e. The van der Waals surface area contributed by atoms with Crippen molar-refractivity contribution in [2.24, 2.45) is 4.99 Å². The predicted molar refractivity (Wildman–Crippen MR) is 61.0 cm³/mol. The highest BCUT2D eigenvalue weighted by molar-refractivity contribution is 5.95. The van der Waals surface area contributed by atoms with Crippen LogP contribution in [0, 0.1) is 6.92 Å². The fourth-order valence-corrected chi connectivity index (χ4v) is 1.60. The molecule has 0 saturated heterocycles. The molecule has 2 nitrogen and oxygen atoms in total. The maximum absolute atomic E-state index is 4.45. The summed E-state index contributed by atoms with van der Waals surface area (Å²) < 4.78 is 0. The fourth-order valence-electron chi connectivity index (χ4n) is 1.60. The van der Waals surface area contributed by atoms with Crippen molar-refractivity contribution in [3.8, 4) is 0 Å². The molecule has 0 aromatic heterocycles. The summed E-state index contributed by atoms with van der Waals surface area (Å²) >= 11 is 0. The van der Waals surface area contributed by atoms with E-state index in [1.54, 1.807) is 0 Å². The number of anilines is 1. The number of amidine groups is 1. The Kier molecular flexibility index (Phi) is 2.82. The van der Waals surface area contributed by atoms with Crippen molar-refractivity contribution >= 4 is 11.5 Å². The Morgan fingerprint density at radius 2 is 1.93 bits per heavy atom. The van der Waals surface area contributed by atoms with Gasteiger partial charge in [-0.2, -0.15) is 0 Å². The van der Waals surface area contributed by atoms with Crippen LogP contribution in [0.1, 0.15) is 24.8 Å². The second-order valence-corrected chi connectivity index (χ2v) is 3.78. The van der Waals surface area contributed by atoms with Crippen LogP contribution < -0.4 is 5.32 Å². The molecule has 0 spiro atoms. The number of aryl methyl sites for hydroxylation is 1. The molecular formula is C12H16N2. The number of nitrogens with zero attached hydrogens (tertiary/aromatic N) is 1. The minimum absolute atomic E-state index is 0.980. The highest BCUT2D eigenvalue weighted by atomic mass is 15.0. The van der Waals surface area contributed by atoms with Gasteiger partial charge in [-0.1, -0.05) is 17.7 Å². The summed E-state index contributed by atoms with van der Waals surface area (Å²) in [6.07, 6.45) is 3.59. The maximum atomic E-state index is 4.45. The van der Waals surface area contributed by atoms with Gasteiger partial charge < -0.3 is 5.32 Å². The van der Waals surface area contributed by atoms with Gasteiger partial charge in [0.1, 0.15) is 5.84 Å². The van der Waals surface area contributed by atoms with Crippen LogP contribution in [0.3, 0.4) is 0 Å². The molecule has 0 bridgehead atoms. The van der Waals surface area contributed by atoms with E-state index in [0.717, 1.165) is 24.5 Å². The number of benzene rings is 1. The number of hydrogen-bond acceptors (Lipinski definition) is 2. The molecule has 0 aliphatic carbocycles. The van der Waals surface area contributed by atoms with E-state index >= 15 is 0 Å². The second-order valence-electron chi connectivity index (χ2n) is 3.78. The number of nitrogens with one attached hydrogen (secondary N) is 1. The van der Waals surface area contributed by atoms with Crippen molar-refractivity contribution in [3.63, 3.8) is 0 Å². The summed E-state index contributed by atoms with van der Waals surface area (Å²) in [5.41, 5.74) is 2.44. The van der Waals surface area contributed by atoms with Crippen LogP contribution in [-0.4, -0.2) is 12.4 Å². The Hall–Kier alpha value is -1.31. The predicted octanol–water partition coefficient (Wildman–Crippen LogP) is 2.99. The van der Waals surface area contributed by atoms with Gasteiger partial charge in [-0.15, -0.1) is 0 Å². The second kappa shape index (κ2) is 4.27. The molecule has 0 fully saturated rings. The molecule has 2 rings (SSSR count). The average Bonchev–Trinajstić information content (AvgIpc) is 2.23. The molecular weight excluding hydrogens is 172 g/mol. The molecule has 2 heteroatoms. The first-order valence-corrected chi connectivity index (χ1v) is 5.21. The molecule has 1 N–H and O–H groups in total. The molecule has 1 aromatic carbocycles. The average molecular weight is 188 g/mol. The lowest BCUT2D eigenvalue weighted by atomic mass is 10.1. The third kappa shape index (κ3) is 2.34. The summed E-state index contributed by atoms with van der Waals surface area (Å²) in [5.74, 6) is 1.14. The van der Waals surface area contributed by atoms with E-state index in [1.165, 1.54) is 18.4 Å². The van der Waals surface area contributed by atoms with Crippen molar-refractivity contribution in [3.05, 3.63) is 29.8 Å². The van der Waals surface area contributed by atoms with Crippen LogP contribution in [-0.2, 0) is 0 Å². The smallest absolute Gasteiger partial charge is 0.101 e. The van der Waals surface area contributed by atoms with Crippen molar-refractivity contribution in [2.45, 2.75) is 26.2 Å². The normalized spacial score (nSPS) is 16.2. The van der Waals surface area contributed by atoms with Crippen LogP contribution in [0.2, 0.25) is 0 Å². The fraction of sp³-hybridized carbons (Fsp3) is 0.417. The summed E-state index contributed by atoms with van der Waals surface area (Å²) in [5, 5.41) is 3.36. The maximum Gasteiger partial charge on any atom is 0.101 e. The third-order valence-electron chi connectivity index (χ3n) is 2.46. The SMILES string of the molecule is Cc1ccc(NC2=NCCCC2)cc1. The molecule has 14 heavy (non-hydrogen) atoms. The van der Waals surface area contributed by atoms with Gasteiger partial charge in [0.25, 0.3) is 0 Å². The van der Waals surface area contributed by atoms with Gasteiger partial charge in [0.05, 0.1) is 0 Å². The number of rotatable bonds is 1.